The second-order valence-electron chi connectivity index (χ2n) is 8.65. The zero-order chi connectivity index (χ0) is 24.2. The number of anilines is 1. The second-order valence-corrected chi connectivity index (χ2v) is 8.65. The molecule has 1 aliphatic heterocycles. The summed E-state index contributed by atoms with van der Waals surface area (Å²) < 4.78 is 0. The molecular formula is C28H25N5O2. The Bertz CT molecular complexity index is 1350. The van der Waals surface area contributed by atoms with Gasteiger partial charge in [-0.15, -0.1) is 0 Å². The number of carbonyl (C=O) groups excluding carboxylic acids is 2. The molecule has 0 radical (unpaired) electrons. The third kappa shape index (κ3) is 5.14. The number of ketones is 1. The lowest BCUT2D eigenvalue weighted by molar-refractivity contribution is -0.117. The summed E-state index contributed by atoms with van der Waals surface area (Å²) in [4.78, 5) is 43.9. The van der Waals surface area contributed by atoms with E-state index in [2.05, 4.69) is 19.9 Å². The van der Waals surface area contributed by atoms with E-state index in [0.717, 1.165) is 40.1 Å². The lowest BCUT2D eigenvalue weighted by atomic mass is 10.0. The average Bonchev–Trinajstić information content (AvgIpc) is 3.33. The summed E-state index contributed by atoms with van der Waals surface area (Å²) in [5, 5.41) is 0. The topological polar surface area (TPSA) is 88.9 Å². The fraction of sp³-hybridized carbons (Fsp3) is 0.214. The fourth-order valence-electron chi connectivity index (χ4n) is 4.17. The minimum absolute atomic E-state index is 0.00796. The normalized spacial score (nSPS) is 13.3. The summed E-state index contributed by atoms with van der Waals surface area (Å²) in [6, 6.07) is 15.3. The van der Waals surface area contributed by atoms with Gasteiger partial charge in [0.2, 0.25) is 5.91 Å². The molecule has 5 rings (SSSR count). The van der Waals surface area contributed by atoms with Crippen LogP contribution in [0.3, 0.4) is 0 Å². The van der Waals surface area contributed by atoms with Crippen LogP contribution in [0.1, 0.15) is 41.0 Å². The van der Waals surface area contributed by atoms with E-state index in [9.17, 15) is 9.59 Å². The first-order chi connectivity index (χ1) is 17.1. The van der Waals surface area contributed by atoms with Gasteiger partial charge < -0.3 is 0 Å². The van der Waals surface area contributed by atoms with Gasteiger partial charge in [-0.25, -0.2) is 4.98 Å². The number of Topliss-reactive ketones (excluding diaryl/α,β-unsaturated/α-hetero) is 1. The zero-order valence-corrected chi connectivity index (χ0v) is 19.5. The van der Waals surface area contributed by atoms with Crippen molar-refractivity contribution in [3.63, 3.8) is 0 Å². The molecule has 1 saturated heterocycles. The van der Waals surface area contributed by atoms with E-state index in [1.807, 2.05) is 55.6 Å². The van der Waals surface area contributed by atoms with Crippen molar-refractivity contribution in [1.29, 1.82) is 0 Å². The Morgan fingerprint density at radius 3 is 2.34 bits per heavy atom. The highest BCUT2D eigenvalue weighted by molar-refractivity contribution is 5.95. The van der Waals surface area contributed by atoms with E-state index >= 15 is 0 Å². The van der Waals surface area contributed by atoms with Crippen molar-refractivity contribution in [3.8, 4) is 22.4 Å². The molecule has 7 heteroatoms. The highest BCUT2D eigenvalue weighted by Crippen LogP contribution is 2.24. The molecule has 5 heterocycles. The summed E-state index contributed by atoms with van der Waals surface area (Å²) in [7, 11) is 0. The first-order valence-electron chi connectivity index (χ1n) is 11.7. The van der Waals surface area contributed by atoms with Gasteiger partial charge in [-0.05, 0) is 61.7 Å². The molecule has 0 bridgehead atoms. The van der Waals surface area contributed by atoms with Crippen LogP contribution >= 0.6 is 0 Å². The first-order valence-corrected chi connectivity index (χ1v) is 11.7. The number of hydrogen-bond acceptors (Lipinski definition) is 6. The van der Waals surface area contributed by atoms with Crippen molar-refractivity contribution >= 4 is 17.5 Å². The number of aryl methyl sites for hydroxylation is 2. The molecule has 0 N–H and O–H groups in total. The smallest absolute Gasteiger partial charge is 0.228 e. The number of amides is 1. The number of hydrogen-bond donors (Lipinski definition) is 0. The summed E-state index contributed by atoms with van der Waals surface area (Å²) in [5.41, 5.74) is 6.08. The summed E-state index contributed by atoms with van der Waals surface area (Å²) >= 11 is 0. The van der Waals surface area contributed by atoms with Gasteiger partial charge in [0.15, 0.2) is 5.78 Å². The van der Waals surface area contributed by atoms with Gasteiger partial charge in [0.1, 0.15) is 11.5 Å². The number of rotatable bonds is 7. The number of aromatic nitrogens is 4. The van der Waals surface area contributed by atoms with Gasteiger partial charge >= 0.3 is 0 Å². The standard InChI is InChI=1S/C28H25N5O2/c1-19-15-21(12-13-29-19)24-8-4-20(16-30-24)5-10-26(34)25-9-6-22(17-31-25)23-7-11-27(32-18-23)33-14-2-3-28(33)35/h4,6-9,11-13,15-18H,2-3,5,10,14H2,1H3. The maximum atomic E-state index is 12.7. The van der Waals surface area contributed by atoms with Crippen LogP contribution in [0.2, 0.25) is 0 Å². The summed E-state index contributed by atoms with van der Waals surface area (Å²) in [6.45, 7) is 2.67. The Kier molecular flexibility index (Phi) is 6.39. The Morgan fingerprint density at radius 2 is 1.71 bits per heavy atom. The predicted octanol–water partition coefficient (Wildman–Crippen LogP) is 4.85. The van der Waals surface area contributed by atoms with E-state index in [4.69, 9.17) is 0 Å². The van der Waals surface area contributed by atoms with Crippen molar-refractivity contribution in [3.05, 3.63) is 90.3 Å². The van der Waals surface area contributed by atoms with E-state index < -0.39 is 0 Å². The summed E-state index contributed by atoms with van der Waals surface area (Å²) in [6.07, 6.45) is 9.44. The van der Waals surface area contributed by atoms with Gasteiger partial charge in [-0.3, -0.25) is 29.4 Å². The molecule has 1 aliphatic rings. The van der Waals surface area contributed by atoms with Gasteiger partial charge in [-0.2, -0.15) is 0 Å². The SMILES string of the molecule is Cc1cc(-c2ccc(CCC(=O)c3ccc(-c4ccc(N5CCCC5=O)nc4)cn3)cn2)ccn1. The monoisotopic (exact) mass is 463 g/mol. The molecular weight excluding hydrogens is 438 g/mol. The fourth-order valence-corrected chi connectivity index (χ4v) is 4.17. The quantitative estimate of drug-likeness (QED) is 0.364. The molecule has 0 unspecified atom stereocenters. The maximum Gasteiger partial charge on any atom is 0.228 e. The van der Waals surface area contributed by atoms with Crippen molar-refractivity contribution < 1.29 is 9.59 Å². The zero-order valence-electron chi connectivity index (χ0n) is 19.5. The first kappa shape index (κ1) is 22.5. The molecule has 35 heavy (non-hydrogen) atoms. The van der Waals surface area contributed by atoms with Crippen molar-refractivity contribution in [1.82, 2.24) is 19.9 Å². The van der Waals surface area contributed by atoms with Crippen LogP contribution in [-0.4, -0.2) is 38.2 Å². The maximum absolute atomic E-state index is 12.7. The second kappa shape index (κ2) is 9.93. The lowest BCUT2D eigenvalue weighted by Crippen LogP contribution is -2.24. The predicted molar refractivity (Wildman–Crippen MR) is 134 cm³/mol. The van der Waals surface area contributed by atoms with E-state index in [0.29, 0.717) is 37.3 Å². The molecule has 0 saturated carbocycles. The van der Waals surface area contributed by atoms with E-state index in [1.165, 1.54) is 0 Å². The van der Waals surface area contributed by atoms with Crippen LogP contribution in [0.15, 0.2) is 73.3 Å². The number of pyridine rings is 4. The van der Waals surface area contributed by atoms with Crippen LogP contribution < -0.4 is 4.90 Å². The van der Waals surface area contributed by atoms with Crippen LogP contribution in [0.4, 0.5) is 5.82 Å². The number of carbonyl (C=O) groups is 2. The molecule has 174 valence electrons. The molecule has 1 amide bonds. The highest BCUT2D eigenvalue weighted by atomic mass is 16.2. The minimum atomic E-state index is -0.00796. The Hall–Kier alpha value is -4.26. The Labute approximate surface area is 203 Å². The van der Waals surface area contributed by atoms with Gasteiger partial charge in [-0.1, -0.05) is 12.1 Å². The van der Waals surface area contributed by atoms with Crippen LogP contribution in [0.5, 0.6) is 0 Å². The largest absolute Gasteiger partial charge is 0.297 e. The van der Waals surface area contributed by atoms with Crippen molar-refractivity contribution in [2.45, 2.75) is 32.6 Å². The molecule has 0 aliphatic carbocycles. The third-order valence-corrected chi connectivity index (χ3v) is 6.14. The van der Waals surface area contributed by atoms with Crippen molar-refractivity contribution in [2.24, 2.45) is 0 Å². The van der Waals surface area contributed by atoms with Gasteiger partial charge in [0.25, 0.3) is 0 Å². The average molecular weight is 464 g/mol. The van der Waals surface area contributed by atoms with Gasteiger partial charge in [0, 0.05) is 66.6 Å². The lowest BCUT2D eigenvalue weighted by Gasteiger charge is -2.14. The number of nitrogens with zero attached hydrogens (tertiary/aromatic N) is 5. The molecule has 0 spiro atoms. The minimum Gasteiger partial charge on any atom is -0.297 e. The van der Waals surface area contributed by atoms with Gasteiger partial charge in [0.05, 0.1) is 5.69 Å². The molecule has 4 aromatic heterocycles. The third-order valence-electron chi connectivity index (χ3n) is 6.14. The Morgan fingerprint density at radius 1 is 0.886 bits per heavy atom. The van der Waals surface area contributed by atoms with Crippen LogP contribution in [0, 0.1) is 6.92 Å². The van der Waals surface area contributed by atoms with E-state index in [1.54, 1.807) is 29.6 Å². The van der Waals surface area contributed by atoms with Crippen molar-refractivity contribution in [2.75, 3.05) is 11.4 Å². The molecule has 0 aromatic carbocycles. The molecule has 7 nitrogen and oxygen atoms in total. The Balaban J connectivity index is 1.19. The summed E-state index contributed by atoms with van der Waals surface area (Å²) in [5.74, 6) is 0.783. The molecule has 4 aromatic rings. The molecule has 1 fully saturated rings. The highest BCUT2D eigenvalue weighted by Gasteiger charge is 2.22. The van der Waals surface area contributed by atoms with E-state index in [-0.39, 0.29) is 11.7 Å². The van der Waals surface area contributed by atoms with Crippen LogP contribution in [-0.2, 0) is 11.2 Å². The molecule has 0 atom stereocenters. The van der Waals surface area contributed by atoms with Crippen LogP contribution in [0.25, 0.3) is 22.4 Å².